The Kier molecular flexibility index (Phi) is 5.31. The van der Waals surface area contributed by atoms with E-state index >= 15 is 0 Å². The van der Waals surface area contributed by atoms with Crippen molar-refractivity contribution in [1.29, 1.82) is 0 Å². The molecule has 0 spiro atoms. The lowest BCUT2D eigenvalue weighted by atomic mass is 10.0. The molecule has 1 aromatic rings. The van der Waals surface area contributed by atoms with Crippen molar-refractivity contribution in [1.82, 2.24) is 15.2 Å². The topological polar surface area (TPSA) is 83.3 Å². The third-order valence-corrected chi connectivity index (χ3v) is 3.68. The molecule has 1 fully saturated rings. The number of amides is 1. The summed E-state index contributed by atoms with van der Waals surface area (Å²) in [6.07, 6.45) is 6.32. The van der Waals surface area contributed by atoms with Crippen LogP contribution in [0.1, 0.15) is 36.5 Å². The molecule has 0 bridgehead atoms. The summed E-state index contributed by atoms with van der Waals surface area (Å²) < 4.78 is 0. The molecule has 0 saturated carbocycles. The molecule has 0 radical (unpaired) electrons. The van der Waals surface area contributed by atoms with Gasteiger partial charge in [-0.15, -0.1) is 0 Å². The number of carbonyl (C=O) groups is 1. The van der Waals surface area contributed by atoms with E-state index in [0.29, 0.717) is 11.3 Å². The Morgan fingerprint density at radius 1 is 1.50 bits per heavy atom. The second-order valence-corrected chi connectivity index (χ2v) is 5.15. The number of nitrogen functional groups attached to an aromatic ring is 1. The van der Waals surface area contributed by atoms with E-state index in [1.165, 1.54) is 12.6 Å². The molecule has 6 nitrogen and oxygen atoms in total. The largest absolute Gasteiger partial charge is 0.349 e. The van der Waals surface area contributed by atoms with Gasteiger partial charge >= 0.3 is 0 Å². The minimum atomic E-state index is -0.111. The summed E-state index contributed by atoms with van der Waals surface area (Å²) in [4.78, 5) is 18.7. The monoisotopic (exact) mass is 277 g/mol. The average Bonchev–Trinajstić information content (AvgIpc) is 2.49. The Balaban J connectivity index is 1.89. The molecule has 1 aliphatic rings. The third kappa shape index (κ3) is 3.68. The molecule has 6 heteroatoms. The second-order valence-electron chi connectivity index (χ2n) is 5.15. The smallest absolute Gasteiger partial charge is 0.255 e. The Hall–Kier alpha value is -1.66. The summed E-state index contributed by atoms with van der Waals surface area (Å²) in [5, 5.41) is 3.07. The predicted molar refractivity (Wildman–Crippen MR) is 79.3 cm³/mol. The molecule has 1 aromatic heterocycles. The number of piperidine rings is 1. The number of nitrogens with zero attached hydrogens (tertiary/aromatic N) is 2. The first kappa shape index (κ1) is 14.7. The first-order valence-electron chi connectivity index (χ1n) is 7.18. The predicted octanol–water partition coefficient (Wildman–Crippen LogP) is 0.971. The SMILES string of the molecule is CCCN1CCC(NC(=O)c2cnccc2NN)CC1. The van der Waals surface area contributed by atoms with Crippen molar-refractivity contribution >= 4 is 11.6 Å². The fourth-order valence-corrected chi connectivity index (χ4v) is 2.58. The Morgan fingerprint density at radius 2 is 2.25 bits per heavy atom. The molecular weight excluding hydrogens is 254 g/mol. The number of rotatable bonds is 5. The van der Waals surface area contributed by atoms with Crippen molar-refractivity contribution in [3.8, 4) is 0 Å². The first-order valence-corrected chi connectivity index (χ1v) is 7.18. The van der Waals surface area contributed by atoms with Crippen molar-refractivity contribution < 1.29 is 4.79 Å². The number of hydrazine groups is 1. The highest BCUT2D eigenvalue weighted by Gasteiger charge is 2.21. The molecule has 110 valence electrons. The second kappa shape index (κ2) is 7.21. The molecule has 1 amide bonds. The summed E-state index contributed by atoms with van der Waals surface area (Å²) in [6, 6.07) is 1.93. The summed E-state index contributed by atoms with van der Waals surface area (Å²) in [7, 11) is 0. The van der Waals surface area contributed by atoms with E-state index in [4.69, 9.17) is 5.84 Å². The zero-order valence-electron chi connectivity index (χ0n) is 11.9. The molecule has 0 aliphatic carbocycles. The van der Waals surface area contributed by atoms with Crippen LogP contribution in [0.4, 0.5) is 5.69 Å². The van der Waals surface area contributed by atoms with Crippen LogP contribution in [0.25, 0.3) is 0 Å². The number of hydrogen-bond acceptors (Lipinski definition) is 5. The van der Waals surface area contributed by atoms with E-state index < -0.39 is 0 Å². The van der Waals surface area contributed by atoms with Crippen LogP contribution in [0.2, 0.25) is 0 Å². The maximum absolute atomic E-state index is 12.2. The standard InChI is InChI=1S/C14H23N5O/c1-2-7-19-8-4-11(5-9-19)17-14(20)12-10-16-6-3-13(12)18-15/h3,6,10-11H,2,4-5,7-9,15H2,1H3,(H,16,18)(H,17,20). The van der Waals surface area contributed by atoms with E-state index in [0.717, 1.165) is 32.5 Å². The van der Waals surface area contributed by atoms with Gasteiger partial charge in [0.15, 0.2) is 0 Å². The average molecular weight is 277 g/mol. The van der Waals surface area contributed by atoms with E-state index in [2.05, 4.69) is 27.6 Å². The van der Waals surface area contributed by atoms with Crippen molar-refractivity contribution in [2.75, 3.05) is 25.1 Å². The zero-order valence-corrected chi connectivity index (χ0v) is 11.9. The van der Waals surface area contributed by atoms with Gasteiger partial charge in [-0.05, 0) is 31.9 Å². The number of anilines is 1. The number of aromatic nitrogens is 1. The number of nitrogens with one attached hydrogen (secondary N) is 2. The van der Waals surface area contributed by atoms with Gasteiger partial charge in [0.05, 0.1) is 11.3 Å². The normalized spacial score (nSPS) is 16.9. The third-order valence-electron chi connectivity index (χ3n) is 3.68. The van der Waals surface area contributed by atoms with Gasteiger partial charge < -0.3 is 15.6 Å². The van der Waals surface area contributed by atoms with Gasteiger partial charge in [-0.25, -0.2) is 0 Å². The van der Waals surface area contributed by atoms with E-state index in [-0.39, 0.29) is 11.9 Å². The van der Waals surface area contributed by atoms with Gasteiger partial charge in [-0.3, -0.25) is 15.6 Å². The molecule has 0 atom stereocenters. The molecule has 0 aromatic carbocycles. The fourth-order valence-electron chi connectivity index (χ4n) is 2.58. The maximum Gasteiger partial charge on any atom is 0.255 e. The molecule has 2 rings (SSSR count). The molecular formula is C14H23N5O. The highest BCUT2D eigenvalue weighted by Crippen LogP contribution is 2.15. The number of likely N-dealkylation sites (tertiary alicyclic amines) is 1. The van der Waals surface area contributed by atoms with Crippen LogP contribution in [0.5, 0.6) is 0 Å². The summed E-state index contributed by atoms with van der Waals surface area (Å²) in [5.74, 6) is 5.30. The number of nitrogens with two attached hydrogens (primary N) is 1. The quantitative estimate of drug-likeness (QED) is 0.552. The van der Waals surface area contributed by atoms with Gasteiger partial charge in [0.25, 0.3) is 5.91 Å². The maximum atomic E-state index is 12.2. The summed E-state index contributed by atoms with van der Waals surface area (Å²) >= 11 is 0. The molecule has 20 heavy (non-hydrogen) atoms. The minimum absolute atomic E-state index is 0.111. The summed E-state index contributed by atoms with van der Waals surface area (Å²) in [5.41, 5.74) is 3.62. The van der Waals surface area contributed by atoms with Gasteiger partial charge in [-0.2, -0.15) is 0 Å². The van der Waals surface area contributed by atoms with Crippen LogP contribution in [0, 0.1) is 0 Å². The molecule has 1 saturated heterocycles. The van der Waals surface area contributed by atoms with Gasteiger partial charge in [-0.1, -0.05) is 6.92 Å². The lowest BCUT2D eigenvalue weighted by molar-refractivity contribution is 0.0911. The molecule has 0 unspecified atom stereocenters. The van der Waals surface area contributed by atoms with Crippen molar-refractivity contribution in [2.45, 2.75) is 32.2 Å². The van der Waals surface area contributed by atoms with E-state index in [1.807, 2.05) is 0 Å². The fraction of sp³-hybridized carbons (Fsp3) is 0.571. The van der Waals surface area contributed by atoms with E-state index in [9.17, 15) is 4.79 Å². The lowest BCUT2D eigenvalue weighted by Crippen LogP contribution is -2.44. The van der Waals surface area contributed by atoms with Gasteiger partial charge in [0.1, 0.15) is 0 Å². The highest BCUT2D eigenvalue weighted by molar-refractivity contribution is 5.99. The number of pyridine rings is 1. The lowest BCUT2D eigenvalue weighted by Gasteiger charge is -2.32. The van der Waals surface area contributed by atoms with Crippen molar-refractivity contribution in [3.05, 3.63) is 24.0 Å². The Morgan fingerprint density at radius 3 is 2.90 bits per heavy atom. The molecule has 1 aliphatic heterocycles. The van der Waals surface area contributed by atoms with Crippen LogP contribution in [-0.4, -0.2) is 41.5 Å². The Labute approximate surface area is 119 Å². The zero-order chi connectivity index (χ0) is 14.4. The van der Waals surface area contributed by atoms with Crippen LogP contribution in [0.3, 0.4) is 0 Å². The molecule has 2 heterocycles. The van der Waals surface area contributed by atoms with Crippen molar-refractivity contribution in [2.24, 2.45) is 5.84 Å². The summed E-state index contributed by atoms with van der Waals surface area (Å²) in [6.45, 7) is 5.43. The van der Waals surface area contributed by atoms with Crippen LogP contribution in [-0.2, 0) is 0 Å². The van der Waals surface area contributed by atoms with Crippen molar-refractivity contribution in [3.63, 3.8) is 0 Å². The van der Waals surface area contributed by atoms with Gasteiger partial charge in [0.2, 0.25) is 0 Å². The van der Waals surface area contributed by atoms with Crippen LogP contribution >= 0.6 is 0 Å². The van der Waals surface area contributed by atoms with Crippen LogP contribution < -0.4 is 16.6 Å². The molecule has 4 N–H and O–H groups in total. The van der Waals surface area contributed by atoms with E-state index in [1.54, 1.807) is 12.3 Å². The van der Waals surface area contributed by atoms with Crippen LogP contribution in [0.15, 0.2) is 18.5 Å². The number of hydrogen-bond donors (Lipinski definition) is 3. The minimum Gasteiger partial charge on any atom is -0.349 e. The Bertz CT molecular complexity index is 443. The van der Waals surface area contributed by atoms with Gasteiger partial charge in [0, 0.05) is 31.5 Å². The number of carbonyl (C=O) groups excluding carboxylic acids is 1. The first-order chi connectivity index (χ1) is 9.74. The highest BCUT2D eigenvalue weighted by atomic mass is 16.1.